The molecule has 0 saturated carbocycles. The zero-order valence-electron chi connectivity index (χ0n) is 5.58. The van der Waals surface area contributed by atoms with Crippen LogP contribution in [0.3, 0.4) is 0 Å². The third-order valence-corrected chi connectivity index (χ3v) is 1.35. The molecule has 4 heteroatoms. The summed E-state index contributed by atoms with van der Waals surface area (Å²) in [5.74, 6) is 0. The molecule has 0 radical (unpaired) electrons. The Morgan fingerprint density at radius 3 is 2.44 bits per heavy atom. The zero-order valence-corrected chi connectivity index (χ0v) is 6.34. The SMILES string of the molecule is CC[N+]1(C)C=CN=N1.[Cl-]. The molecule has 0 aromatic carbocycles. The van der Waals surface area contributed by atoms with E-state index in [0.29, 0.717) is 4.59 Å². The van der Waals surface area contributed by atoms with Crippen LogP contribution in [0.5, 0.6) is 0 Å². The lowest BCUT2D eigenvalue weighted by atomic mass is 10.6. The monoisotopic (exact) mass is 147 g/mol. The Hall–Kier alpha value is -0.410. The van der Waals surface area contributed by atoms with E-state index in [0.717, 1.165) is 6.54 Å². The average molecular weight is 148 g/mol. The molecule has 0 aromatic heterocycles. The summed E-state index contributed by atoms with van der Waals surface area (Å²) in [4.78, 5) is 0. The molecule has 1 aliphatic heterocycles. The van der Waals surface area contributed by atoms with Gasteiger partial charge >= 0.3 is 0 Å². The second kappa shape index (κ2) is 2.94. The smallest absolute Gasteiger partial charge is 0.144 e. The molecule has 0 spiro atoms. The predicted molar refractivity (Wildman–Crippen MR) is 30.7 cm³/mol. The lowest BCUT2D eigenvalue weighted by Gasteiger charge is -2.13. The van der Waals surface area contributed by atoms with E-state index in [2.05, 4.69) is 17.3 Å². The Morgan fingerprint density at radius 1 is 1.56 bits per heavy atom. The molecule has 1 heterocycles. The lowest BCUT2D eigenvalue weighted by Crippen LogP contribution is -3.00. The van der Waals surface area contributed by atoms with Gasteiger partial charge in [0.05, 0.1) is 7.05 Å². The number of halogens is 1. The summed E-state index contributed by atoms with van der Waals surface area (Å²) in [5.41, 5.74) is 0. The molecule has 0 N–H and O–H groups in total. The quantitative estimate of drug-likeness (QED) is 0.396. The van der Waals surface area contributed by atoms with E-state index in [4.69, 9.17) is 0 Å². The number of hydrogen-bond acceptors (Lipinski definition) is 2. The van der Waals surface area contributed by atoms with Gasteiger partial charge in [0.2, 0.25) is 0 Å². The van der Waals surface area contributed by atoms with Crippen LogP contribution in [-0.4, -0.2) is 18.2 Å². The summed E-state index contributed by atoms with van der Waals surface area (Å²) >= 11 is 0. The van der Waals surface area contributed by atoms with E-state index in [9.17, 15) is 0 Å². The normalized spacial score (nSPS) is 30.4. The summed E-state index contributed by atoms with van der Waals surface area (Å²) in [6.45, 7) is 3.05. The molecule has 52 valence electrons. The largest absolute Gasteiger partial charge is 1.00 e. The van der Waals surface area contributed by atoms with Crippen molar-refractivity contribution in [2.75, 3.05) is 13.6 Å². The Labute approximate surface area is 61.0 Å². The highest BCUT2D eigenvalue weighted by atomic mass is 35.5. The maximum atomic E-state index is 3.94. The van der Waals surface area contributed by atoms with E-state index in [1.165, 1.54) is 0 Å². The van der Waals surface area contributed by atoms with Gasteiger partial charge in [-0.05, 0) is 6.92 Å². The van der Waals surface area contributed by atoms with Crippen LogP contribution in [0.25, 0.3) is 0 Å². The van der Waals surface area contributed by atoms with Gasteiger partial charge in [-0.15, -0.1) is 5.11 Å². The summed E-state index contributed by atoms with van der Waals surface area (Å²) in [7, 11) is 2.01. The van der Waals surface area contributed by atoms with Gasteiger partial charge < -0.3 is 12.4 Å². The van der Waals surface area contributed by atoms with Crippen LogP contribution in [0, 0.1) is 0 Å². The molecular weight excluding hydrogens is 138 g/mol. The highest BCUT2D eigenvalue weighted by molar-refractivity contribution is 4.71. The summed E-state index contributed by atoms with van der Waals surface area (Å²) in [6, 6.07) is 0. The molecule has 9 heavy (non-hydrogen) atoms. The van der Waals surface area contributed by atoms with Gasteiger partial charge in [0.25, 0.3) is 0 Å². The molecule has 1 rings (SSSR count). The van der Waals surface area contributed by atoms with Gasteiger partial charge in [0.15, 0.2) is 0 Å². The Bertz CT molecular complexity index is 129. The van der Waals surface area contributed by atoms with Crippen LogP contribution in [-0.2, 0) is 0 Å². The highest BCUT2D eigenvalue weighted by Crippen LogP contribution is 2.10. The van der Waals surface area contributed by atoms with Crippen molar-refractivity contribution < 1.29 is 17.0 Å². The fourth-order valence-electron chi connectivity index (χ4n) is 0.520. The molecule has 1 atom stereocenters. The lowest BCUT2D eigenvalue weighted by molar-refractivity contribution is -0.865. The third-order valence-electron chi connectivity index (χ3n) is 1.35. The number of nitrogens with zero attached hydrogens (tertiary/aromatic N) is 3. The molecule has 0 bridgehead atoms. The second-order valence-electron chi connectivity index (χ2n) is 2.03. The third kappa shape index (κ3) is 1.77. The van der Waals surface area contributed by atoms with Gasteiger partial charge in [-0.2, -0.15) is 4.59 Å². The molecular formula is C5H10ClN3. The van der Waals surface area contributed by atoms with Crippen LogP contribution in [0.15, 0.2) is 22.7 Å². The van der Waals surface area contributed by atoms with Crippen LogP contribution >= 0.6 is 0 Å². The minimum atomic E-state index is 0. The fraction of sp³-hybridized carbons (Fsp3) is 0.600. The first kappa shape index (κ1) is 8.59. The van der Waals surface area contributed by atoms with Crippen molar-refractivity contribution in [2.24, 2.45) is 10.3 Å². The van der Waals surface area contributed by atoms with Crippen LogP contribution < -0.4 is 12.4 Å². The number of rotatable bonds is 1. The van der Waals surface area contributed by atoms with Crippen LogP contribution in [0.1, 0.15) is 6.92 Å². The van der Waals surface area contributed by atoms with Crippen LogP contribution in [0.4, 0.5) is 0 Å². The van der Waals surface area contributed by atoms with Crippen molar-refractivity contribution in [3.63, 3.8) is 0 Å². The highest BCUT2D eigenvalue weighted by Gasteiger charge is 2.17. The predicted octanol–water partition coefficient (Wildman–Crippen LogP) is -1.69. The maximum Gasteiger partial charge on any atom is 0.144 e. The minimum absolute atomic E-state index is 0. The van der Waals surface area contributed by atoms with Crippen molar-refractivity contribution in [2.45, 2.75) is 6.92 Å². The molecule has 0 aliphatic carbocycles. The van der Waals surface area contributed by atoms with Gasteiger partial charge in [0.1, 0.15) is 18.9 Å². The molecule has 0 fully saturated rings. The first-order valence-electron chi connectivity index (χ1n) is 2.72. The number of quaternary nitrogens is 1. The van der Waals surface area contributed by atoms with E-state index in [1.807, 2.05) is 13.2 Å². The van der Waals surface area contributed by atoms with Crippen molar-refractivity contribution in [1.29, 1.82) is 0 Å². The van der Waals surface area contributed by atoms with Crippen molar-refractivity contribution in [3.8, 4) is 0 Å². The topological polar surface area (TPSA) is 24.7 Å². The van der Waals surface area contributed by atoms with E-state index >= 15 is 0 Å². The van der Waals surface area contributed by atoms with Gasteiger partial charge in [-0.1, -0.05) is 0 Å². The van der Waals surface area contributed by atoms with E-state index in [1.54, 1.807) is 6.20 Å². The Balaban J connectivity index is 0.000000640. The standard InChI is InChI=1S/C5H10N3.ClH/c1-3-8(2)5-4-6-7-8;/h4-5H,3H2,1-2H3;1H/q+1;/p-1. The summed E-state index contributed by atoms with van der Waals surface area (Å²) in [6.07, 6.45) is 3.68. The summed E-state index contributed by atoms with van der Waals surface area (Å²) in [5, 5.41) is 7.66. The van der Waals surface area contributed by atoms with E-state index in [-0.39, 0.29) is 12.4 Å². The number of hydrogen-bond donors (Lipinski definition) is 0. The minimum Gasteiger partial charge on any atom is -1.00 e. The Kier molecular flexibility index (Phi) is 2.81. The molecule has 0 aromatic rings. The first-order chi connectivity index (χ1) is 3.77. The van der Waals surface area contributed by atoms with Crippen molar-refractivity contribution in [1.82, 2.24) is 0 Å². The Morgan fingerprint density at radius 2 is 2.22 bits per heavy atom. The first-order valence-corrected chi connectivity index (χ1v) is 2.72. The molecule has 0 saturated heterocycles. The maximum absolute atomic E-state index is 3.94. The fourth-order valence-corrected chi connectivity index (χ4v) is 0.520. The van der Waals surface area contributed by atoms with Crippen LogP contribution in [0.2, 0.25) is 0 Å². The van der Waals surface area contributed by atoms with Crippen molar-refractivity contribution in [3.05, 3.63) is 12.4 Å². The van der Waals surface area contributed by atoms with Gasteiger partial charge in [0, 0.05) is 5.22 Å². The van der Waals surface area contributed by atoms with E-state index < -0.39 is 0 Å². The molecule has 1 unspecified atom stereocenters. The second-order valence-corrected chi connectivity index (χ2v) is 2.03. The zero-order chi connectivity index (χ0) is 6.04. The van der Waals surface area contributed by atoms with Gasteiger partial charge in [-0.25, -0.2) is 0 Å². The average Bonchev–Trinajstić information content (AvgIpc) is 2.17. The van der Waals surface area contributed by atoms with Crippen molar-refractivity contribution >= 4 is 0 Å². The molecule has 0 amide bonds. The summed E-state index contributed by atoms with van der Waals surface area (Å²) < 4.78 is 0.597. The molecule has 1 aliphatic rings. The van der Waals surface area contributed by atoms with Gasteiger partial charge in [-0.3, -0.25) is 0 Å². The molecule has 3 nitrogen and oxygen atoms in total.